The van der Waals surface area contributed by atoms with Crippen molar-refractivity contribution in [2.24, 2.45) is 16.7 Å². The molecule has 0 amide bonds. The van der Waals surface area contributed by atoms with Crippen LogP contribution >= 0.6 is 0 Å². The van der Waals surface area contributed by atoms with Gasteiger partial charge in [-0.3, -0.25) is 4.79 Å². The van der Waals surface area contributed by atoms with Gasteiger partial charge >= 0.3 is 5.97 Å². The van der Waals surface area contributed by atoms with Crippen LogP contribution in [0.25, 0.3) is 0 Å². The lowest BCUT2D eigenvalue weighted by atomic mass is 9.59. The molecule has 3 nitrogen and oxygen atoms in total. The fraction of sp³-hybridized carbons (Fsp3) is 0.800. The molecule has 220 valence electrons. The van der Waals surface area contributed by atoms with Gasteiger partial charge in [-0.25, -0.2) is 0 Å². The number of esters is 1. The van der Waals surface area contributed by atoms with Crippen LogP contribution < -0.4 is 0 Å². The molecule has 1 unspecified atom stereocenters. The molecule has 0 saturated heterocycles. The number of hydrogen-bond donors (Lipinski definition) is 1. The van der Waals surface area contributed by atoms with E-state index in [-0.39, 0.29) is 34.4 Å². The number of hydrogen-bond acceptors (Lipinski definition) is 3. The number of benzene rings is 1. The average Bonchev–Trinajstić information content (AvgIpc) is 2.83. The van der Waals surface area contributed by atoms with Crippen molar-refractivity contribution in [2.75, 3.05) is 6.61 Å². The Morgan fingerprint density at radius 2 is 1.03 bits per heavy atom. The van der Waals surface area contributed by atoms with Gasteiger partial charge in [-0.15, -0.1) is 0 Å². The molecule has 3 heteroatoms. The number of carbonyl (C=O) groups is 1. The lowest BCUT2D eigenvalue weighted by molar-refractivity contribution is -0.150. The van der Waals surface area contributed by atoms with E-state index in [4.69, 9.17) is 4.74 Å². The van der Waals surface area contributed by atoms with E-state index in [1.54, 1.807) is 12.1 Å². The van der Waals surface area contributed by atoms with E-state index < -0.39 is 0 Å². The number of phenols is 1. The van der Waals surface area contributed by atoms with Crippen molar-refractivity contribution in [3.05, 3.63) is 29.8 Å². The number of carbonyl (C=O) groups excluding carboxylic acids is 1. The van der Waals surface area contributed by atoms with Crippen molar-refractivity contribution < 1.29 is 14.6 Å². The van der Waals surface area contributed by atoms with Crippen molar-refractivity contribution in [2.45, 2.75) is 157 Å². The Kier molecular flexibility index (Phi) is 17.0. The van der Waals surface area contributed by atoms with Crippen LogP contribution in [0, 0.1) is 16.7 Å². The van der Waals surface area contributed by atoms with Gasteiger partial charge in [0.2, 0.25) is 0 Å². The second-order valence-corrected chi connectivity index (χ2v) is 13.7. The van der Waals surface area contributed by atoms with Crippen LogP contribution in [0.2, 0.25) is 0 Å². The molecular formula is C35H62O3. The molecule has 0 fully saturated rings. The first-order chi connectivity index (χ1) is 18.0. The molecule has 0 heterocycles. The largest absolute Gasteiger partial charge is 0.508 e. The van der Waals surface area contributed by atoms with Gasteiger partial charge in [-0.2, -0.15) is 0 Å². The van der Waals surface area contributed by atoms with Gasteiger partial charge in [0.25, 0.3) is 0 Å². The summed E-state index contributed by atoms with van der Waals surface area (Å²) >= 11 is 0. The highest BCUT2D eigenvalue weighted by Gasteiger charge is 2.45. The SMILES string of the molecule is CCCCCCCCCCCCCCCCCCOC(=O)C(c1ccc(O)cc1)C(C(C)(C)C)C(C)(C)C. The summed E-state index contributed by atoms with van der Waals surface area (Å²) in [6, 6.07) is 7.10. The molecule has 0 aliphatic rings. The average molecular weight is 531 g/mol. The molecule has 1 aromatic rings. The van der Waals surface area contributed by atoms with Crippen molar-refractivity contribution >= 4 is 5.97 Å². The third-order valence-electron chi connectivity index (χ3n) is 7.95. The molecule has 0 aliphatic heterocycles. The van der Waals surface area contributed by atoms with Crippen LogP contribution in [0.5, 0.6) is 5.75 Å². The minimum atomic E-state index is -0.350. The van der Waals surface area contributed by atoms with Crippen LogP contribution in [0.4, 0.5) is 0 Å². The second kappa shape index (κ2) is 18.7. The number of rotatable bonds is 20. The molecule has 0 aromatic heterocycles. The maximum atomic E-state index is 13.4. The number of phenolic OH excluding ortho intramolecular Hbond substituents is 1. The maximum absolute atomic E-state index is 13.4. The van der Waals surface area contributed by atoms with Gasteiger partial charge < -0.3 is 9.84 Å². The standard InChI is InChI=1S/C35H62O3/c1-8-9-10-11-12-13-14-15-16-17-18-19-20-21-22-23-28-38-33(37)31(29-24-26-30(36)27-25-29)32(34(2,3)4)35(5,6)7/h24-27,31-32,36H,8-23,28H2,1-7H3. The molecule has 0 aliphatic carbocycles. The molecular weight excluding hydrogens is 468 g/mol. The summed E-state index contributed by atoms with van der Waals surface area (Å²) in [5.74, 6) is -0.168. The minimum absolute atomic E-state index is 0.0753. The van der Waals surface area contributed by atoms with Crippen LogP contribution in [-0.2, 0) is 9.53 Å². The van der Waals surface area contributed by atoms with E-state index >= 15 is 0 Å². The zero-order valence-electron chi connectivity index (χ0n) is 26.2. The summed E-state index contributed by atoms with van der Waals surface area (Å²) < 4.78 is 5.88. The van der Waals surface area contributed by atoms with Crippen LogP contribution in [-0.4, -0.2) is 17.7 Å². The Morgan fingerprint density at radius 3 is 1.39 bits per heavy atom. The lowest BCUT2D eigenvalue weighted by Gasteiger charge is -2.45. The molecule has 1 atom stereocenters. The summed E-state index contributed by atoms with van der Waals surface area (Å²) in [5, 5.41) is 9.79. The zero-order chi connectivity index (χ0) is 28.4. The van der Waals surface area contributed by atoms with E-state index in [1.807, 2.05) is 12.1 Å². The van der Waals surface area contributed by atoms with Crippen LogP contribution in [0.15, 0.2) is 24.3 Å². The summed E-state index contributed by atoms with van der Waals surface area (Å²) in [6.07, 6.45) is 21.3. The van der Waals surface area contributed by atoms with Crippen molar-refractivity contribution in [1.29, 1.82) is 0 Å². The van der Waals surface area contributed by atoms with E-state index in [0.717, 1.165) is 18.4 Å². The van der Waals surface area contributed by atoms with Gasteiger partial charge in [-0.05, 0) is 40.9 Å². The first-order valence-electron chi connectivity index (χ1n) is 15.9. The van der Waals surface area contributed by atoms with Gasteiger partial charge in [-0.1, -0.05) is 157 Å². The highest BCUT2D eigenvalue weighted by Crippen LogP contribution is 2.49. The van der Waals surface area contributed by atoms with Crippen LogP contribution in [0.1, 0.15) is 163 Å². The predicted octanol–water partition coefficient (Wildman–Crippen LogP) is 11.0. The third-order valence-corrected chi connectivity index (χ3v) is 7.95. The Morgan fingerprint density at radius 1 is 0.658 bits per heavy atom. The molecule has 0 bridgehead atoms. The van der Waals surface area contributed by atoms with Gasteiger partial charge in [0, 0.05) is 0 Å². The number of ether oxygens (including phenoxy) is 1. The third kappa shape index (κ3) is 14.6. The molecule has 0 spiro atoms. The Balaban J connectivity index is 2.31. The van der Waals surface area contributed by atoms with Crippen LogP contribution in [0.3, 0.4) is 0 Å². The first kappa shape index (κ1) is 34.5. The normalized spacial score (nSPS) is 13.2. The van der Waals surface area contributed by atoms with E-state index in [1.165, 1.54) is 89.9 Å². The van der Waals surface area contributed by atoms with E-state index in [2.05, 4.69) is 48.5 Å². The Bertz CT molecular complexity index is 709. The second-order valence-electron chi connectivity index (χ2n) is 13.7. The van der Waals surface area contributed by atoms with E-state index in [0.29, 0.717) is 6.61 Å². The minimum Gasteiger partial charge on any atom is -0.508 e. The maximum Gasteiger partial charge on any atom is 0.313 e. The first-order valence-corrected chi connectivity index (χ1v) is 15.9. The van der Waals surface area contributed by atoms with Crippen molar-refractivity contribution in [1.82, 2.24) is 0 Å². The van der Waals surface area contributed by atoms with Gasteiger partial charge in [0.05, 0.1) is 12.5 Å². The summed E-state index contributed by atoms with van der Waals surface area (Å²) in [6.45, 7) is 16.0. The summed E-state index contributed by atoms with van der Waals surface area (Å²) in [5.41, 5.74) is 0.775. The topological polar surface area (TPSA) is 46.5 Å². The monoisotopic (exact) mass is 530 g/mol. The van der Waals surface area contributed by atoms with Gasteiger partial charge in [0.15, 0.2) is 0 Å². The highest BCUT2D eigenvalue weighted by atomic mass is 16.5. The summed E-state index contributed by atoms with van der Waals surface area (Å²) in [4.78, 5) is 13.4. The fourth-order valence-corrected chi connectivity index (χ4v) is 6.36. The smallest absolute Gasteiger partial charge is 0.313 e. The molecule has 1 rings (SSSR count). The highest BCUT2D eigenvalue weighted by molar-refractivity contribution is 5.79. The Labute approximate surface area is 236 Å². The quantitative estimate of drug-likeness (QED) is 0.135. The number of aromatic hydroxyl groups is 1. The Hall–Kier alpha value is -1.51. The van der Waals surface area contributed by atoms with Gasteiger partial charge in [0.1, 0.15) is 5.75 Å². The van der Waals surface area contributed by atoms with Crippen molar-refractivity contribution in [3.8, 4) is 5.75 Å². The molecule has 0 saturated carbocycles. The lowest BCUT2D eigenvalue weighted by Crippen LogP contribution is -2.41. The molecule has 0 radical (unpaired) electrons. The molecule has 1 N–H and O–H groups in total. The van der Waals surface area contributed by atoms with Crippen molar-refractivity contribution in [3.63, 3.8) is 0 Å². The van der Waals surface area contributed by atoms with E-state index in [9.17, 15) is 9.90 Å². The molecule has 38 heavy (non-hydrogen) atoms. The molecule has 1 aromatic carbocycles. The zero-order valence-corrected chi connectivity index (χ0v) is 26.2. The summed E-state index contributed by atoms with van der Waals surface area (Å²) in [7, 11) is 0. The number of unbranched alkanes of at least 4 members (excludes halogenated alkanes) is 15. The fourth-order valence-electron chi connectivity index (χ4n) is 6.36. The predicted molar refractivity (Wildman–Crippen MR) is 164 cm³/mol.